The molecular weight excluding hydrogens is 412 g/mol. The number of aryl methyl sites for hydroxylation is 1. The first kappa shape index (κ1) is 21.0. The van der Waals surface area contributed by atoms with Crippen LogP contribution in [0.3, 0.4) is 0 Å². The number of esters is 2. The number of carbonyl (C=O) groups excluding carboxylic acids is 2. The van der Waals surface area contributed by atoms with Crippen LogP contribution in [0.1, 0.15) is 33.7 Å². The second kappa shape index (κ2) is 8.84. The lowest BCUT2D eigenvalue weighted by Crippen LogP contribution is -2.15. The van der Waals surface area contributed by atoms with Gasteiger partial charge in [0.25, 0.3) is 0 Å². The van der Waals surface area contributed by atoms with Gasteiger partial charge in [0, 0.05) is 17.5 Å². The zero-order valence-electron chi connectivity index (χ0n) is 17.7. The Labute approximate surface area is 183 Å². The number of hydrogen-bond donors (Lipinski definition) is 0. The minimum absolute atomic E-state index is 0.0158. The molecule has 0 saturated heterocycles. The normalized spacial score (nSPS) is 10.7. The number of nitrogens with zero attached hydrogens (tertiary/aromatic N) is 4. The van der Waals surface area contributed by atoms with Gasteiger partial charge in [0.15, 0.2) is 5.69 Å². The standard InChI is InChI=1S/C23H20N4O5/c1-4-17-24-25-21(32-17)15-12-10-14(11-13-15)19-18(22(28)30-2)20(23(29)31-3)27(26-19)16-8-6-5-7-9-16/h5-13H,4H2,1-3H3. The summed E-state index contributed by atoms with van der Waals surface area (Å²) in [4.78, 5) is 25.3. The summed E-state index contributed by atoms with van der Waals surface area (Å²) >= 11 is 0. The number of aromatic nitrogens is 4. The van der Waals surface area contributed by atoms with Gasteiger partial charge in [-0.25, -0.2) is 14.3 Å². The maximum atomic E-state index is 12.7. The number of rotatable bonds is 6. The fourth-order valence-electron chi connectivity index (χ4n) is 3.24. The quantitative estimate of drug-likeness (QED) is 0.424. The molecule has 0 unspecified atom stereocenters. The number of hydrogen-bond acceptors (Lipinski definition) is 8. The molecule has 32 heavy (non-hydrogen) atoms. The van der Waals surface area contributed by atoms with E-state index in [0.717, 1.165) is 5.56 Å². The van der Waals surface area contributed by atoms with Crippen molar-refractivity contribution in [1.82, 2.24) is 20.0 Å². The summed E-state index contributed by atoms with van der Waals surface area (Å²) in [5, 5.41) is 12.6. The number of benzene rings is 2. The molecule has 0 saturated carbocycles. The summed E-state index contributed by atoms with van der Waals surface area (Å²) in [5.41, 5.74) is 2.20. The molecule has 0 aliphatic heterocycles. The molecule has 0 bridgehead atoms. The lowest BCUT2D eigenvalue weighted by molar-refractivity contribution is 0.0549. The largest absolute Gasteiger partial charge is 0.465 e. The van der Waals surface area contributed by atoms with Crippen LogP contribution in [-0.4, -0.2) is 46.1 Å². The summed E-state index contributed by atoms with van der Waals surface area (Å²) in [5.74, 6) is -0.466. The van der Waals surface area contributed by atoms with Crippen molar-refractivity contribution in [2.45, 2.75) is 13.3 Å². The lowest BCUT2D eigenvalue weighted by atomic mass is 10.0. The average molecular weight is 432 g/mol. The molecule has 2 heterocycles. The fourth-order valence-corrected chi connectivity index (χ4v) is 3.24. The van der Waals surface area contributed by atoms with Gasteiger partial charge in [-0.3, -0.25) is 0 Å². The van der Waals surface area contributed by atoms with Crippen molar-refractivity contribution in [3.63, 3.8) is 0 Å². The minimum Gasteiger partial charge on any atom is -0.465 e. The van der Waals surface area contributed by atoms with Crippen LogP contribution in [-0.2, 0) is 15.9 Å². The second-order valence-corrected chi connectivity index (χ2v) is 6.73. The van der Waals surface area contributed by atoms with E-state index in [4.69, 9.17) is 13.9 Å². The summed E-state index contributed by atoms with van der Waals surface area (Å²) in [7, 11) is 2.49. The van der Waals surface area contributed by atoms with E-state index in [1.807, 2.05) is 13.0 Å². The highest BCUT2D eigenvalue weighted by atomic mass is 16.5. The van der Waals surface area contributed by atoms with Crippen molar-refractivity contribution in [2.75, 3.05) is 14.2 Å². The maximum absolute atomic E-state index is 12.7. The highest BCUT2D eigenvalue weighted by Crippen LogP contribution is 2.30. The van der Waals surface area contributed by atoms with Gasteiger partial charge in [-0.2, -0.15) is 5.10 Å². The monoisotopic (exact) mass is 432 g/mol. The molecule has 0 atom stereocenters. The average Bonchev–Trinajstić information content (AvgIpc) is 3.49. The van der Waals surface area contributed by atoms with Crippen LogP contribution < -0.4 is 0 Å². The van der Waals surface area contributed by atoms with Gasteiger partial charge in [0.05, 0.1) is 19.9 Å². The third kappa shape index (κ3) is 3.76. The Morgan fingerprint density at radius 2 is 1.56 bits per heavy atom. The molecule has 0 fully saturated rings. The summed E-state index contributed by atoms with van der Waals surface area (Å²) in [6.07, 6.45) is 0.640. The Balaban J connectivity index is 1.87. The van der Waals surface area contributed by atoms with Crippen molar-refractivity contribution in [3.8, 4) is 28.4 Å². The van der Waals surface area contributed by atoms with Gasteiger partial charge < -0.3 is 13.9 Å². The van der Waals surface area contributed by atoms with Gasteiger partial charge in [0.2, 0.25) is 11.8 Å². The van der Waals surface area contributed by atoms with Crippen LogP contribution >= 0.6 is 0 Å². The molecule has 0 aliphatic carbocycles. The van der Waals surface area contributed by atoms with Gasteiger partial charge >= 0.3 is 11.9 Å². The van der Waals surface area contributed by atoms with E-state index in [0.29, 0.717) is 29.5 Å². The number of methoxy groups -OCH3 is 2. The van der Waals surface area contributed by atoms with E-state index < -0.39 is 11.9 Å². The molecule has 162 valence electrons. The molecule has 0 spiro atoms. The predicted molar refractivity (Wildman–Crippen MR) is 114 cm³/mol. The highest BCUT2D eigenvalue weighted by Gasteiger charge is 2.31. The number of carbonyl (C=O) groups is 2. The summed E-state index contributed by atoms with van der Waals surface area (Å²) in [6, 6.07) is 16.1. The predicted octanol–water partition coefficient (Wildman–Crippen LogP) is 3.72. The second-order valence-electron chi connectivity index (χ2n) is 6.73. The number of para-hydroxylation sites is 1. The maximum Gasteiger partial charge on any atom is 0.357 e. The van der Waals surface area contributed by atoms with Crippen molar-refractivity contribution >= 4 is 11.9 Å². The highest BCUT2D eigenvalue weighted by molar-refractivity contribution is 6.06. The summed E-state index contributed by atoms with van der Waals surface area (Å²) in [6.45, 7) is 1.93. The first-order chi connectivity index (χ1) is 15.6. The Morgan fingerprint density at radius 3 is 2.16 bits per heavy atom. The van der Waals surface area contributed by atoms with E-state index >= 15 is 0 Å². The molecule has 4 rings (SSSR count). The van der Waals surface area contributed by atoms with E-state index in [1.54, 1.807) is 48.5 Å². The van der Waals surface area contributed by atoms with Crippen molar-refractivity contribution < 1.29 is 23.5 Å². The van der Waals surface area contributed by atoms with Crippen LogP contribution in [0.5, 0.6) is 0 Å². The first-order valence-electron chi connectivity index (χ1n) is 9.85. The topological polar surface area (TPSA) is 109 Å². The van der Waals surface area contributed by atoms with Gasteiger partial charge in [-0.1, -0.05) is 37.3 Å². The Kier molecular flexibility index (Phi) is 5.80. The molecular formula is C23H20N4O5. The van der Waals surface area contributed by atoms with Crippen LogP contribution in [0.25, 0.3) is 28.4 Å². The molecule has 2 aromatic carbocycles. The van der Waals surface area contributed by atoms with E-state index in [2.05, 4.69) is 15.3 Å². The molecule has 0 N–H and O–H groups in total. The molecule has 0 radical (unpaired) electrons. The first-order valence-corrected chi connectivity index (χ1v) is 9.85. The van der Waals surface area contributed by atoms with Crippen LogP contribution in [0, 0.1) is 0 Å². The molecule has 9 nitrogen and oxygen atoms in total. The van der Waals surface area contributed by atoms with Gasteiger partial charge in [-0.15, -0.1) is 10.2 Å². The Bertz CT molecular complexity index is 1260. The SMILES string of the molecule is CCc1nnc(-c2ccc(-c3nn(-c4ccccc4)c(C(=O)OC)c3C(=O)OC)cc2)o1. The van der Waals surface area contributed by atoms with E-state index in [-0.39, 0.29) is 17.0 Å². The molecule has 0 amide bonds. The van der Waals surface area contributed by atoms with Gasteiger partial charge in [-0.05, 0) is 24.3 Å². The molecule has 4 aromatic rings. The van der Waals surface area contributed by atoms with Crippen molar-refractivity contribution in [2.24, 2.45) is 0 Å². The minimum atomic E-state index is -0.706. The number of ether oxygens (including phenoxy) is 2. The van der Waals surface area contributed by atoms with Crippen LogP contribution in [0.15, 0.2) is 59.0 Å². The third-order valence-electron chi connectivity index (χ3n) is 4.83. The van der Waals surface area contributed by atoms with Crippen LogP contribution in [0.2, 0.25) is 0 Å². The van der Waals surface area contributed by atoms with Crippen molar-refractivity contribution in [1.29, 1.82) is 0 Å². The smallest absolute Gasteiger partial charge is 0.357 e. The zero-order valence-corrected chi connectivity index (χ0v) is 17.7. The van der Waals surface area contributed by atoms with Gasteiger partial charge in [0.1, 0.15) is 11.3 Å². The van der Waals surface area contributed by atoms with Crippen molar-refractivity contribution in [3.05, 3.63) is 71.7 Å². The molecule has 2 aromatic heterocycles. The third-order valence-corrected chi connectivity index (χ3v) is 4.83. The fraction of sp³-hybridized carbons (Fsp3) is 0.174. The van der Waals surface area contributed by atoms with E-state index in [1.165, 1.54) is 18.9 Å². The molecule has 0 aliphatic rings. The molecule has 9 heteroatoms. The Morgan fingerprint density at radius 1 is 0.906 bits per heavy atom. The zero-order chi connectivity index (χ0) is 22.7. The Hall–Kier alpha value is -4.27. The summed E-state index contributed by atoms with van der Waals surface area (Å²) < 4.78 is 16.9. The van der Waals surface area contributed by atoms with E-state index in [9.17, 15) is 9.59 Å². The van der Waals surface area contributed by atoms with Crippen LogP contribution in [0.4, 0.5) is 0 Å². The lowest BCUT2D eigenvalue weighted by Gasteiger charge is -2.07.